The van der Waals surface area contributed by atoms with E-state index in [0.29, 0.717) is 5.56 Å². The highest BCUT2D eigenvalue weighted by molar-refractivity contribution is 9.10. The molecule has 2 rings (SSSR count). The molecule has 0 bridgehead atoms. The van der Waals surface area contributed by atoms with Crippen molar-refractivity contribution in [1.29, 1.82) is 0 Å². The van der Waals surface area contributed by atoms with Crippen molar-refractivity contribution in [1.82, 2.24) is 5.43 Å². The van der Waals surface area contributed by atoms with Crippen LogP contribution in [0.25, 0.3) is 0 Å². The van der Waals surface area contributed by atoms with E-state index in [9.17, 15) is 13.6 Å². The Morgan fingerprint density at radius 3 is 2.62 bits per heavy atom. The summed E-state index contributed by atoms with van der Waals surface area (Å²) in [7, 11) is 0. The van der Waals surface area contributed by atoms with Gasteiger partial charge in [0.15, 0.2) is 0 Å². The predicted octanol–water partition coefficient (Wildman–Crippen LogP) is 4.91. The van der Waals surface area contributed by atoms with Crippen LogP contribution in [0.4, 0.5) is 8.78 Å². The number of amides is 1. The van der Waals surface area contributed by atoms with Crippen molar-refractivity contribution < 1.29 is 18.3 Å². The van der Waals surface area contributed by atoms with E-state index >= 15 is 0 Å². The number of aryl methyl sites for hydroxylation is 2. The molecule has 1 amide bonds. The number of carbonyl (C=O) groups is 1. The fourth-order valence-corrected chi connectivity index (χ4v) is 3.36. The van der Waals surface area contributed by atoms with E-state index in [1.165, 1.54) is 30.1 Å². The summed E-state index contributed by atoms with van der Waals surface area (Å²) < 4.78 is 29.4. The summed E-state index contributed by atoms with van der Waals surface area (Å²) in [5.41, 5.74) is 5.29. The van der Waals surface area contributed by atoms with E-state index in [2.05, 4.69) is 31.2 Å². The lowest BCUT2D eigenvalue weighted by Crippen LogP contribution is -2.19. The summed E-state index contributed by atoms with van der Waals surface area (Å²) in [6.07, 6.45) is 1.43. The monoisotopic (exact) mass is 442 g/mol. The van der Waals surface area contributed by atoms with Crippen LogP contribution < -0.4 is 10.2 Å². The number of nitrogens with zero attached hydrogens (tertiary/aromatic N) is 1. The maximum atomic E-state index is 12.1. The second kappa shape index (κ2) is 9.68. The molecule has 0 aliphatic heterocycles. The van der Waals surface area contributed by atoms with Gasteiger partial charge in [-0.05, 0) is 66.9 Å². The molecular formula is C18H17BrF2N2O2S. The van der Waals surface area contributed by atoms with Gasteiger partial charge in [-0.15, -0.1) is 11.8 Å². The zero-order valence-electron chi connectivity index (χ0n) is 14.1. The Hall–Kier alpha value is -1.93. The van der Waals surface area contributed by atoms with Gasteiger partial charge in [-0.2, -0.15) is 13.9 Å². The lowest BCUT2D eigenvalue weighted by molar-refractivity contribution is -0.118. The molecule has 138 valence electrons. The van der Waals surface area contributed by atoms with Crippen LogP contribution in [-0.4, -0.2) is 24.5 Å². The van der Waals surface area contributed by atoms with Gasteiger partial charge in [0.1, 0.15) is 5.75 Å². The molecular weight excluding hydrogens is 426 g/mol. The first-order valence-electron chi connectivity index (χ1n) is 7.61. The SMILES string of the molecule is Cc1cc(SCC(=O)NN=Cc2ccc(OC(F)F)cc2)c(C)cc1Br. The number of hydrazone groups is 1. The van der Waals surface area contributed by atoms with Gasteiger partial charge in [0.25, 0.3) is 0 Å². The molecule has 0 aliphatic rings. The minimum absolute atomic E-state index is 0.0674. The molecule has 8 heteroatoms. The van der Waals surface area contributed by atoms with Crippen LogP contribution in [-0.2, 0) is 4.79 Å². The van der Waals surface area contributed by atoms with Crippen LogP contribution >= 0.6 is 27.7 Å². The summed E-state index contributed by atoms with van der Waals surface area (Å²) in [5, 5.41) is 3.86. The molecule has 0 aliphatic carbocycles. The van der Waals surface area contributed by atoms with Crippen molar-refractivity contribution in [3.05, 3.63) is 57.6 Å². The van der Waals surface area contributed by atoms with Crippen LogP contribution in [0.1, 0.15) is 16.7 Å². The number of hydrogen-bond acceptors (Lipinski definition) is 4. The fourth-order valence-electron chi connectivity index (χ4n) is 2.00. The number of hydrogen-bond donors (Lipinski definition) is 1. The first-order chi connectivity index (χ1) is 12.3. The van der Waals surface area contributed by atoms with E-state index in [1.54, 1.807) is 12.1 Å². The van der Waals surface area contributed by atoms with Crippen LogP contribution in [0.15, 0.2) is 50.9 Å². The van der Waals surface area contributed by atoms with Gasteiger partial charge in [0.2, 0.25) is 5.91 Å². The Morgan fingerprint density at radius 2 is 1.96 bits per heavy atom. The molecule has 0 fully saturated rings. The molecule has 0 saturated carbocycles. The number of halogens is 3. The number of ether oxygens (including phenoxy) is 1. The quantitative estimate of drug-likeness (QED) is 0.376. The van der Waals surface area contributed by atoms with Gasteiger partial charge >= 0.3 is 6.61 Å². The fraction of sp³-hybridized carbons (Fsp3) is 0.222. The first-order valence-corrected chi connectivity index (χ1v) is 9.39. The predicted molar refractivity (Wildman–Crippen MR) is 103 cm³/mol. The van der Waals surface area contributed by atoms with Crippen molar-refractivity contribution in [2.75, 3.05) is 5.75 Å². The number of rotatable bonds is 7. The molecule has 1 N–H and O–H groups in total. The van der Waals surface area contributed by atoms with E-state index in [4.69, 9.17) is 0 Å². The molecule has 0 radical (unpaired) electrons. The van der Waals surface area contributed by atoms with Gasteiger partial charge in [0.05, 0.1) is 12.0 Å². The van der Waals surface area contributed by atoms with Crippen molar-refractivity contribution >= 4 is 39.8 Å². The maximum absolute atomic E-state index is 12.1. The summed E-state index contributed by atoms with van der Waals surface area (Å²) in [6.45, 7) is 1.13. The third-order valence-corrected chi connectivity index (χ3v) is 5.33. The number of thioether (sulfide) groups is 1. The lowest BCUT2D eigenvalue weighted by Gasteiger charge is -2.08. The maximum Gasteiger partial charge on any atom is 0.387 e. The average molecular weight is 443 g/mol. The number of alkyl halides is 2. The van der Waals surface area contributed by atoms with E-state index in [1.807, 2.05) is 26.0 Å². The van der Waals surface area contributed by atoms with Gasteiger partial charge < -0.3 is 4.74 Å². The topological polar surface area (TPSA) is 50.7 Å². The smallest absolute Gasteiger partial charge is 0.387 e. The molecule has 0 saturated heterocycles. The van der Waals surface area contributed by atoms with Gasteiger partial charge in [0, 0.05) is 9.37 Å². The number of carbonyl (C=O) groups excluding carboxylic acids is 1. The van der Waals surface area contributed by atoms with Crippen LogP contribution in [0.3, 0.4) is 0 Å². The number of benzene rings is 2. The molecule has 4 nitrogen and oxygen atoms in total. The largest absolute Gasteiger partial charge is 0.435 e. The third kappa shape index (κ3) is 6.42. The van der Waals surface area contributed by atoms with Crippen molar-refractivity contribution in [2.24, 2.45) is 5.10 Å². The number of nitrogens with one attached hydrogen (secondary N) is 1. The van der Waals surface area contributed by atoms with Crippen molar-refractivity contribution in [2.45, 2.75) is 25.4 Å². The summed E-state index contributed by atoms with van der Waals surface area (Å²) in [6, 6.07) is 10.00. The standard InChI is InChI=1S/C18H17BrF2N2O2S/c1-11-8-16(12(2)7-15(11)19)26-10-17(24)23-22-9-13-3-5-14(6-4-13)25-18(20)21/h3-9,18H,10H2,1-2H3,(H,23,24). The van der Waals surface area contributed by atoms with Crippen LogP contribution in [0.5, 0.6) is 5.75 Å². The summed E-state index contributed by atoms with van der Waals surface area (Å²) in [4.78, 5) is 12.9. The average Bonchev–Trinajstić information content (AvgIpc) is 2.58. The van der Waals surface area contributed by atoms with E-state index < -0.39 is 6.61 Å². The van der Waals surface area contributed by atoms with Gasteiger partial charge in [-0.25, -0.2) is 5.43 Å². The van der Waals surface area contributed by atoms with E-state index in [0.717, 1.165) is 20.5 Å². The first kappa shape index (κ1) is 20.4. The third-order valence-electron chi connectivity index (χ3n) is 3.32. The van der Waals surface area contributed by atoms with Crippen molar-refractivity contribution in [3.8, 4) is 5.75 Å². The molecule has 2 aromatic carbocycles. The Labute approximate surface area is 163 Å². The van der Waals surface area contributed by atoms with E-state index in [-0.39, 0.29) is 17.4 Å². The van der Waals surface area contributed by atoms with Crippen molar-refractivity contribution in [3.63, 3.8) is 0 Å². The Morgan fingerprint density at radius 1 is 1.27 bits per heavy atom. The highest BCUT2D eigenvalue weighted by Gasteiger charge is 2.07. The highest BCUT2D eigenvalue weighted by atomic mass is 79.9. The minimum Gasteiger partial charge on any atom is -0.435 e. The van der Waals surface area contributed by atoms with Crippen LogP contribution in [0.2, 0.25) is 0 Å². The highest BCUT2D eigenvalue weighted by Crippen LogP contribution is 2.28. The van der Waals surface area contributed by atoms with Gasteiger partial charge in [-0.3, -0.25) is 4.79 Å². The second-order valence-electron chi connectivity index (χ2n) is 5.40. The Kier molecular flexibility index (Phi) is 7.59. The van der Waals surface area contributed by atoms with Gasteiger partial charge in [-0.1, -0.05) is 15.9 Å². The summed E-state index contributed by atoms with van der Waals surface area (Å²) >= 11 is 4.92. The molecule has 0 atom stereocenters. The minimum atomic E-state index is -2.86. The molecule has 0 aromatic heterocycles. The molecule has 0 spiro atoms. The zero-order valence-corrected chi connectivity index (χ0v) is 16.5. The second-order valence-corrected chi connectivity index (χ2v) is 7.27. The molecule has 2 aromatic rings. The van der Waals surface area contributed by atoms with Crippen LogP contribution in [0, 0.1) is 13.8 Å². The summed E-state index contributed by atoms with van der Waals surface area (Å²) in [5.74, 6) is 0.0714. The molecule has 0 unspecified atom stereocenters. The Bertz CT molecular complexity index is 799. The lowest BCUT2D eigenvalue weighted by atomic mass is 10.2. The normalized spacial score (nSPS) is 11.2. The molecule has 0 heterocycles. The Balaban J connectivity index is 1.83. The zero-order chi connectivity index (χ0) is 19.1. The molecule has 26 heavy (non-hydrogen) atoms.